The average Bonchev–Trinajstić information content (AvgIpc) is 2.42. The van der Waals surface area contributed by atoms with Gasteiger partial charge in [-0.05, 0) is 55.7 Å². The van der Waals surface area contributed by atoms with Crippen LogP contribution in [0.15, 0.2) is 30.3 Å². The number of anilines is 1. The molecule has 0 aliphatic carbocycles. The third-order valence-electron chi connectivity index (χ3n) is 3.62. The lowest BCUT2D eigenvalue weighted by Gasteiger charge is -2.15. The maximum absolute atomic E-state index is 12.6. The van der Waals surface area contributed by atoms with E-state index < -0.39 is 0 Å². The zero-order valence-electron chi connectivity index (χ0n) is 12.3. The highest BCUT2D eigenvalue weighted by Crippen LogP contribution is 2.29. The van der Waals surface area contributed by atoms with Gasteiger partial charge in [-0.2, -0.15) is 0 Å². The molecule has 0 unspecified atom stereocenters. The Hall–Kier alpha value is -2.29. The van der Waals surface area contributed by atoms with E-state index in [-0.39, 0.29) is 5.78 Å². The molecular weight excluding hydrogens is 250 g/mol. The Morgan fingerprint density at radius 2 is 1.80 bits per heavy atom. The molecule has 2 N–H and O–H groups in total. The highest BCUT2D eigenvalue weighted by molar-refractivity contribution is 6.10. The van der Waals surface area contributed by atoms with Crippen molar-refractivity contribution in [3.8, 4) is 5.75 Å². The first-order chi connectivity index (χ1) is 9.45. The maximum Gasteiger partial charge on any atom is 0.193 e. The van der Waals surface area contributed by atoms with Gasteiger partial charge in [0, 0.05) is 16.8 Å². The Kier molecular flexibility index (Phi) is 3.79. The van der Waals surface area contributed by atoms with Crippen LogP contribution in [-0.2, 0) is 0 Å². The molecule has 0 aliphatic rings. The fraction of sp³-hybridized carbons (Fsp3) is 0.235. The van der Waals surface area contributed by atoms with Gasteiger partial charge in [-0.1, -0.05) is 12.1 Å². The van der Waals surface area contributed by atoms with Crippen LogP contribution < -0.4 is 10.5 Å². The van der Waals surface area contributed by atoms with Gasteiger partial charge in [0.2, 0.25) is 0 Å². The summed E-state index contributed by atoms with van der Waals surface area (Å²) in [7, 11) is 1.65. The molecule has 0 fully saturated rings. The lowest BCUT2D eigenvalue weighted by Crippen LogP contribution is -2.07. The number of aryl methyl sites for hydroxylation is 1. The van der Waals surface area contributed by atoms with Crippen molar-refractivity contribution < 1.29 is 9.53 Å². The van der Waals surface area contributed by atoms with Crippen molar-refractivity contribution in [1.29, 1.82) is 0 Å². The molecule has 104 valence electrons. The van der Waals surface area contributed by atoms with E-state index in [9.17, 15) is 4.79 Å². The zero-order valence-corrected chi connectivity index (χ0v) is 12.3. The molecule has 2 aromatic rings. The van der Waals surface area contributed by atoms with Gasteiger partial charge in [0.1, 0.15) is 5.75 Å². The molecule has 2 aromatic carbocycles. The maximum atomic E-state index is 12.6. The Morgan fingerprint density at radius 1 is 1.10 bits per heavy atom. The van der Waals surface area contributed by atoms with E-state index in [0.717, 1.165) is 22.4 Å². The minimum Gasteiger partial charge on any atom is -0.496 e. The monoisotopic (exact) mass is 269 g/mol. The van der Waals surface area contributed by atoms with Gasteiger partial charge < -0.3 is 10.5 Å². The number of carbonyl (C=O) groups excluding carboxylic acids is 1. The number of nitrogens with two attached hydrogens (primary N) is 1. The minimum atomic E-state index is -0.0105. The number of nitrogen functional groups attached to an aromatic ring is 1. The van der Waals surface area contributed by atoms with Crippen LogP contribution in [0.2, 0.25) is 0 Å². The topological polar surface area (TPSA) is 52.3 Å². The number of benzene rings is 2. The lowest BCUT2D eigenvalue weighted by molar-refractivity contribution is 0.103. The van der Waals surface area contributed by atoms with Crippen molar-refractivity contribution in [3.63, 3.8) is 0 Å². The van der Waals surface area contributed by atoms with E-state index in [1.807, 2.05) is 26.8 Å². The van der Waals surface area contributed by atoms with E-state index in [4.69, 9.17) is 10.5 Å². The molecule has 0 heterocycles. The number of ketones is 1. The van der Waals surface area contributed by atoms with E-state index in [1.54, 1.807) is 31.4 Å². The van der Waals surface area contributed by atoms with Crippen LogP contribution in [0.4, 0.5) is 5.69 Å². The molecule has 0 radical (unpaired) electrons. The van der Waals surface area contributed by atoms with E-state index in [0.29, 0.717) is 16.8 Å². The smallest absolute Gasteiger partial charge is 0.193 e. The zero-order chi connectivity index (χ0) is 14.9. The number of hydrogen-bond acceptors (Lipinski definition) is 3. The highest BCUT2D eigenvalue weighted by atomic mass is 16.5. The second kappa shape index (κ2) is 5.37. The van der Waals surface area contributed by atoms with Gasteiger partial charge in [-0.3, -0.25) is 4.79 Å². The van der Waals surface area contributed by atoms with Crippen LogP contribution >= 0.6 is 0 Å². The second-order valence-corrected chi connectivity index (χ2v) is 4.98. The number of carbonyl (C=O) groups is 1. The van der Waals surface area contributed by atoms with Crippen LogP contribution in [0.25, 0.3) is 0 Å². The molecular formula is C17H19NO2. The van der Waals surface area contributed by atoms with Gasteiger partial charge in [-0.15, -0.1) is 0 Å². The van der Waals surface area contributed by atoms with E-state index in [1.165, 1.54) is 0 Å². The SMILES string of the molecule is COc1c(C)cc(C(=O)c2cccc(N)c2)c(C)c1C. The van der Waals surface area contributed by atoms with Crippen LogP contribution in [-0.4, -0.2) is 12.9 Å². The molecule has 0 atom stereocenters. The fourth-order valence-electron chi connectivity index (χ4n) is 2.44. The van der Waals surface area contributed by atoms with Crippen molar-refractivity contribution >= 4 is 11.5 Å². The first kappa shape index (κ1) is 14.1. The molecule has 20 heavy (non-hydrogen) atoms. The van der Waals surface area contributed by atoms with Gasteiger partial charge in [-0.25, -0.2) is 0 Å². The second-order valence-electron chi connectivity index (χ2n) is 4.98. The summed E-state index contributed by atoms with van der Waals surface area (Å²) in [5.41, 5.74) is 10.6. The molecule has 0 spiro atoms. The quantitative estimate of drug-likeness (QED) is 0.686. The molecule has 0 saturated heterocycles. The molecule has 0 bridgehead atoms. The van der Waals surface area contributed by atoms with Gasteiger partial charge in [0.15, 0.2) is 5.78 Å². The third-order valence-corrected chi connectivity index (χ3v) is 3.62. The summed E-state index contributed by atoms with van der Waals surface area (Å²) in [4.78, 5) is 12.6. The number of rotatable bonds is 3. The molecule has 0 aromatic heterocycles. The van der Waals surface area contributed by atoms with Gasteiger partial charge >= 0.3 is 0 Å². The lowest BCUT2D eigenvalue weighted by atomic mass is 9.93. The molecule has 0 amide bonds. The fourth-order valence-corrected chi connectivity index (χ4v) is 2.44. The standard InChI is InChI=1S/C17H19NO2/c1-10-8-15(11(2)12(3)17(10)20-4)16(19)13-6-5-7-14(18)9-13/h5-9H,18H2,1-4H3. The number of ether oxygens (including phenoxy) is 1. The van der Waals surface area contributed by atoms with Crippen molar-refractivity contribution in [1.82, 2.24) is 0 Å². The average molecular weight is 269 g/mol. The Bertz CT molecular complexity index is 675. The summed E-state index contributed by atoms with van der Waals surface area (Å²) in [5, 5.41) is 0. The largest absolute Gasteiger partial charge is 0.496 e. The van der Waals surface area contributed by atoms with Crippen molar-refractivity contribution in [2.75, 3.05) is 12.8 Å². The highest BCUT2D eigenvalue weighted by Gasteiger charge is 2.17. The van der Waals surface area contributed by atoms with Crippen LogP contribution in [0.5, 0.6) is 5.75 Å². The summed E-state index contributed by atoms with van der Waals surface area (Å²) in [6.45, 7) is 5.86. The molecule has 3 heteroatoms. The Labute approximate surface area is 119 Å². The first-order valence-electron chi connectivity index (χ1n) is 6.50. The van der Waals surface area contributed by atoms with Crippen molar-refractivity contribution in [2.45, 2.75) is 20.8 Å². The predicted octanol–water partition coefficient (Wildman–Crippen LogP) is 3.43. The van der Waals surface area contributed by atoms with Gasteiger partial charge in [0.25, 0.3) is 0 Å². The van der Waals surface area contributed by atoms with Crippen LogP contribution in [0.3, 0.4) is 0 Å². The first-order valence-corrected chi connectivity index (χ1v) is 6.50. The van der Waals surface area contributed by atoms with Crippen LogP contribution in [0.1, 0.15) is 32.6 Å². The van der Waals surface area contributed by atoms with E-state index >= 15 is 0 Å². The Morgan fingerprint density at radius 3 is 2.40 bits per heavy atom. The molecule has 3 nitrogen and oxygen atoms in total. The summed E-state index contributed by atoms with van der Waals surface area (Å²) in [5.74, 6) is 0.829. The molecule has 2 rings (SSSR count). The summed E-state index contributed by atoms with van der Waals surface area (Å²) >= 11 is 0. The normalized spacial score (nSPS) is 10.4. The van der Waals surface area contributed by atoms with E-state index in [2.05, 4.69) is 0 Å². The Balaban J connectivity index is 2.56. The summed E-state index contributed by atoms with van der Waals surface area (Å²) < 4.78 is 5.38. The van der Waals surface area contributed by atoms with Crippen molar-refractivity contribution in [3.05, 3.63) is 58.1 Å². The third kappa shape index (κ3) is 2.39. The predicted molar refractivity (Wildman–Crippen MR) is 81.5 cm³/mol. The van der Waals surface area contributed by atoms with Crippen molar-refractivity contribution in [2.24, 2.45) is 0 Å². The molecule has 0 aliphatic heterocycles. The molecule has 0 saturated carbocycles. The van der Waals surface area contributed by atoms with Gasteiger partial charge in [0.05, 0.1) is 7.11 Å². The number of hydrogen-bond donors (Lipinski definition) is 1. The number of methoxy groups -OCH3 is 1. The van der Waals surface area contributed by atoms with Crippen LogP contribution in [0, 0.1) is 20.8 Å². The summed E-state index contributed by atoms with van der Waals surface area (Å²) in [6, 6.07) is 8.94. The minimum absolute atomic E-state index is 0.0105. The summed E-state index contributed by atoms with van der Waals surface area (Å²) in [6.07, 6.45) is 0.